The van der Waals surface area contributed by atoms with Crippen LogP contribution in [0.4, 0.5) is 5.69 Å². The number of carbonyl (C=O) groups is 1. The molecule has 1 atom stereocenters. The molecule has 0 saturated heterocycles. The van der Waals surface area contributed by atoms with E-state index in [0.717, 1.165) is 13.0 Å². The summed E-state index contributed by atoms with van der Waals surface area (Å²) in [6.07, 6.45) is 0.953. The van der Waals surface area contributed by atoms with Gasteiger partial charge in [-0.05, 0) is 36.4 Å². The largest absolute Gasteiger partial charge is 0.322 e. The zero-order valence-electron chi connectivity index (χ0n) is 12.7. The molecule has 8 heteroatoms. The second-order valence-corrected chi connectivity index (χ2v) is 8.16. The lowest BCUT2D eigenvalue weighted by atomic mass is 10.0. The van der Waals surface area contributed by atoms with Gasteiger partial charge < -0.3 is 5.32 Å². The predicted molar refractivity (Wildman–Crippen MR) is 103 cm³/mol. The first kappa shape index (κ1) is 18.3. The number of rotatable bonds is 3. The zero-order valence-corrected chi connectivity index (χ0v) is 16.5. The van der Waals surface area contributed by atoms with Crippen LogP contribution >= 0.6 is 57.7 Å². The van der Waals surface area contributed by atoms with Crippen LogP contribution in [-0.4, -0.2) is 23.9 Å². The molecule has 1 amide bonds. The second kappa shape index (κ2) is 7.40. The van der Waals surface area contributed by atoms with Crippen molar-refractivity contribution in [1.82, 2.24) is 4.90 Å². The molecule has 1 unspecified atom stereocenters. The Hall–Kier alpha value is -0.490. The molecular formula is C16H14Cl4N2OS. The molecule has 0 spiro atoms. The van der Waals surface area contributed by atoms with Gasteiger partial charge in [-0.2, -0.15) is 0 Å². The molecule has 1 aliphatic heterocycles. The van der Waals surface area contributed by atoms with Crippen LogP contribution in [0, 0.1) is 0 Å². The lowest BCUT2D eigenvalue weighted by Crippen LogP contribution is -2.39. The smallest absolute Gasteiger partial charge is 0.238 e. The van der Waals surface area contributed by atoms with Crippen molar-refractivity contribution >= 4 is 69.3 Å². The molecule has 128 valence electrons. The van der Waals surface area contributed by atoms with Crippen LogP contribution in [0.2, 0.25) is 20.1 Å². The van der Waals surface area contributed by atoms with E-state index >= 15 is 0 Å². The normalized spacial score (nSPS) is 17.6. The number of carbonyl (C=O) groups excluding carboxylic acids is 1. The summed E-state index contributed by atoms with van der Waals surface area (Å²) in [6, 6.07) is 3.77. The van der Waals surface area contributed by atoms with Gasteiger partial charge in [-0.3, -0.25) is 9.69 Å². The molecule has 1 aliphatic rings. The summed E-state index contributed by atoms with van der Waals surface area (Å²) in [6.45, 7) is 3.18. The average molecular weight is 424 g/mol. The Kier molecular flexibility index (Phi) is 5.65. The number of halogens is 4. The molecule has 0 radical (unpaired) electrons. The first-order chi connectivity index (χ1) is 11.4. The molecule has 1 aromatic heterocycles. The zero-order chi connectivity index (χ0) is 17.4. The maximum absolute atomic E-state index is 12.4. The summed E-state index contributed by atoms with van der Waals surface area (Å²) in [5.74, 6) is -0.206. The van der Waals surface area contributed by atoms with E-state index in [1.165, 1.54) is 16.5 Å². The molecule has 0 fully saturated rings. The monoisotopic (exact) mass is 422 g/mol. The molecular weight excluding hydrogens is 410 g/mol. The highest BCUT2D eigenvalue weighted by Crippen LogP contribution is 2.41. The highest BCUT2D eigenvalue weighted by atomic mass is 35.5. The summed E-state index contributed by atoms with van der Waals surface area (Å²) in [5.41, 5.74) is 1.54. The molecule has 2 heterocycles. The van der Waals surface area contributed by atoms with Gasteiger partial charge in [0.1, 0.15) is 0 Å². The molecule has 3 nitrogen and oxygen atoms in total. The SMILES string of the molecule is CC1c2ccsc2CCN1CC(=O)Nc1c(Cl)c(Cl)cc(Cl)c1Cl. The summed E-state index contributed by atoms with van der Waals surface area (Å²) < 4.78 is 0. The van der Waals surface area contributed by atoms with Gasteiger partial charge in [-0.25, -0.2) is 0 Å². The number of hydrogen-bond acceptors (Lipinski definition) is 3. The summed E-state index contributed by atoms with van der Waals surface area (Å²) >= 11 is 26.0. The molecule has 0 saturated carbocycles. The fraction of sp³-hybridized carbons (Fsp3) is 0.312. The predicted octanol–water partition coefficient (Wildman–Crippen LogP) is 5.92. The van der Waals surface area contributed by atoms with Crippen molar-refractivity contribution in [3.63, 3.8) is 0 Å². The molecule has 3 rings (SSSR count). The third kappa shape index (κ3) is 3.55. The van der Waals surface area contributed by atoms with Crippen LogP contribution in [0.3, 0.4) is 0 Å². The van der Waals surface area contributed by atoms with Gasteiger partial charge in [-0.1, -0.05) is 46.4 Å². The Labute approximate surface area is 164 Å². The van der Waals surface area contributed by atoms with Crippen molar-refractivity contribution in [2.24, 2.45) is 0 Å². The number of nitrogens with one attached hydrogen (secondary N) is 1. The molecule has 1 aromatic carbocycles. The number of amides is 1. The molecule has 0 aliphatic carbocycles. The minimum absolute atomic E-state index is 0.186. The summed E-state index contributed by atoms with van der Waals surface area (Å²) in [4.78, 5) is 16.0. The maximum atomic E-state index is 12.4. The van der Waals surface area contributed by atoms with Crippen molar-refractivity contribution in [2.45, 2.75) is 19.4 Å². The van der Waals surface area contributed by atoms with Crippen LogP contribution in [0.1, 0.15) is 23.4 Å². The van der Waals surface area contributed by atoms with E-state index in [0.29, 0.717) is 0 Å². The second-order valence-electron chi connectivity index (χ2n) is 5.59. The molecule has 2 aromatic rings. The van der Waals surface area contributed by atoms with Crippen molar-refractivity contribution in [3.8, 4) is 0 Å². The van der Waals surface area contributed by atoms with Crippen molar-refractivity contribution in [2.75, 3.05) is 18.4 Å². The Balaban J connectivity index is 1.74. The molecule has 0 bridgehead atoms. The fourth-order valence-electron chi connectivity index (χ4n) is 2.82. The van der Waals surface area contributed by atoms with Crippen LogP contribution in [-0.2, 0) is 11.2 Å². The van der Waals surface area contributed by atoms with Gasteiger partial charge in [0.05, 0.1) is 32.3 Å². The summed E-state index contributed by atoms with van der Waals surface area (Å²) in [7, 11) is 0. The van der Waals surface area contributed by atoms with Gasteiger partial charge in [0, 0.05) is 17.5 Å². The first-order valence-electron chi connectivity index (χ1n) is 7.31. The van der Waals surface area contributed by atoms with Crippen molar-refractivity contribution < 1.29 is 4.79 Å². The summed E-state index contributed by atoms with van der Waals surface area (Å²) in [5, 5.41) is 5.70. The highest BCUT2D eigenvalue weighted by molar-refractivity contribution is 7.10. The number of anilines is 1. The number of benzene rings is 1. The minimum atomic E-state index is -0.206. The molecule has 24 heavy (non-hydrogen) atoms. The van der Waals surface area contributed by atoms with Crippen LogP contribution in [0.25, 0.3) is 0 Å². The van der Waals surface area contributed by atoms with E-state index in [1.54, 1.807) is 11.3 Å². The number of nitrogens with zero attached hydrogens (tertiary/aromatic N) is 1. The third-order valence-corrected chi connectivity index (χ3v) is 6.70. The lowest BCUT2D eigenvalue weighted by molar-refractivity contribution is -0.117. The Morgan fingerprint density at radius 3 is 2.62 bits per heavy atom. The minimum Gasteiger partial charge on any atom is -0.322 e. The van der Waals surface area contributed by atoms with Gasteiger partial charge in [0.25, 0.3) is 0 Å². The Morgan fingerprint density at radius 1 is 1.29 bits per heavy atom. The van der Waals surface area contributed by atoms with Gasteiger partial charge in [-0.15, -0.1) is 11.3 Å². The third-order valence-electron chi connectivity index (χ3n) is 4.13. The maximum Gasteiger partial charge on any atom is 0.238 e. The van der Waals surface area contributed by atoms with E-state index in [1.807, 2.05) is 0 Å². The first-order valence-corrected chi connectivity index (χ1v) is 9.70. The highest BCUT2D eigenvalue weighted by Gasteiger charge is 2.26. The fourth-order valence-corrected chi connectivity index (χ4v) is 4.69. The Morgan fingerprint density at radius 2 is 1.96 bits per heavy atom. The molecule has 1 N–H and O–H groups in total. The van der Waals surface area contributed by atoms with Crippen LogP contribution < -0.4 is 5.32 Å². The topological polar surface area (TPSA) is 32.3 Å². The van der Waals surface area contributed by atoms with Crippen molar-refractivity contribution in [3.05, 3.63) is 48.0 Å². The van der Waals surface area contributed by atoms with E-state index in [2.05, 4.69) is 28.6 Å². The van der Waals surface area contributed by atoms with E-state index in [9.17, 15) is 4.79 Å². The number of hydrogen-bond donors (Lipinski definition) is 1. The van der Waals surface area contributed by atoms with Crippen LogP contribution in [0.5, 0.6) is 0 Å². The van der Waals surface area contributed by atoms with Crippen LogP contribution in [0.15, 0.2) is 17.5 Å². The Bertz CT molecular complexity index is 766. The number of thiophene rings is 1. The van der Waals surface area contributed by atoms with E-state index in [4.69, 9.17) is 46.4 Å². The van der Waals surface area contributed by atoms with Gasteiger partial charge >= 0.3 is 0 Å². The van der Waals surface area contributed by atoms with E-state index < -0.39 is 0 Å². The van der Waals surface area contributed by atoms with Gasteiger partial charge in [0.2, 0.25) is 5.91 Å². The van der Waals surface area contributed by atoms with Crippen molar-refractivity contribution in [1.29, 1.82) is 0 Å². The van der Waals surface area contributed by atoms with Gasteiger partial charge in [0.15, 0.2) is 0 Å². The quantitative estimate of drug-likeness (QED) is 0.621. The number of fused-ring (bicyclic) bond motifs is 1. The lowest BCUT2D eigenvalue weighted by Gasteiger charge is -2.33. The van der Waals surface area contributed by atoms with E-state index in [-0.39, 0.29) is 44.3 Å². The average Bonchev–Trinajstić information content (AvgIpc) is 3.02. The standard InChI is InChI=1S/C16H14Cl4N2OS/c1-8-9-3-5-24-12(9)2-4-22(8)7-13(23)21-16-14(19)10(17)6-11(18)15(16)20/h3,5-6,8H,2,4,7H2,1H3,(H,21,23).